The van der Waals surface area contributed by atoms with E-state index >= 15 is 0 Å². The predicted octanol–water partition coefficient (Wildman–Crippen LogP) is 3.54. The molecule has 0 aliphatic carbocycles. The maximum atomic E-state index is 5.85. The Balaban J connectivity index is 2.99. The summed E-state index contributed by atoms with van der Waals surface area (Å²) in [5.74, 6) is 0.681. The number of hydrogen-bond donors (Lipinski definition) is 1. The molecule has 2 N–H and O–H groups in total. The number of anilines is 1. The Labute approximate surface area is 88.5 Å². The van der Waals surface area contributed by atoms with E-state index in [0.717, 1.165) is 16.6 Å². The van der Waals surface area contributed by atoms with E-state index in [4.69, 9.17) is 5.73 Å². The van der Waals surface area contributed by atoms with Gasteiger partial charge in [-0.1, -0.05) is 19.9 Å². The van der Waals surface area contributed by atoms with Crippen LogP contribution in [-0.4, -0.2) is 0 Å². The number of benzene rings is 1. The highest BCUT2D eigenvalue weighted by atomic mass is 79.9. The van der Waals surface area contributed by atoms with Crippen molar-refractivity contribution in [2.24, 2.45) is 5.92 Å². The molecule has 0 aromatic heterocycles. The zero-order chi connectivity index (χ0) is 10.0. The monoisotopic (exact) mass is 241 g/mol. The van der Waals surface area contributed by atoms with Gasteiger partial charge in [0.25, 0.3) is 0 Å². The minimum absolute atomic E-state index is 0.681. The van der Waals surface area contributed by atoms with Gasteiger partial charge >= 0.3 is 0 Å². The second-order valence-corrected chi connectivity index (χ2v) is 4.71. The fourth-order valence-electron chi connectivity index (χ4n) is 1.46. The minimum Gasteiger partial charge on any atom is -0.398 e. The number of nitrogen functional groups attached to an aromatic ring is 1. The fraction of sp³-hybridized carbons (Fsp3) is 0.455. The van der Waals surface area contributed by atoms with Crippen LogP contribution in [-0.2, 0) is 6.42 Å². The Bertz CT molecular complexity index is 282. The van der Waals surface area contributed by atoms with Crippen LogP contribution in [0.3, 0.4) is 0 Å². The van der Waals surface area contributed by atoms with Gasteiger partial charge in [-0.05, 0) is 52.4 Å². The third-order valence-corrected chi connectivity index (χ3v) is 3.07. The van der Waals surface area contributed by atoms with Crippen LogP contribution >= 0.6 is 15.9 Å². The first-order valence-electron chi connectivity index (χ1n) is 4.55. The van der Waals surface area contributed by atoms with Crippen molar-refractivity contribution >= 4 is 21.6 Å². The summed E-state index contributed by atoms with van der Waals surface area (Å²) in [6, 6.07) is 4.25. The van der Waals surface area contributed by atoms with E-state index in [-0.39, 0.29) is 0 Å². The minimum atomic E-state index is 0.681. The van der Waals surface area contributed by atoms with Crippen LogP contribution in [0.2, 0.25) is 0 Å². The molecule has 0 aliphatic rings. The van der Waals surface area contributed by atoms with Gasteiger partial charge in [0, 0.05) is 10.2 Å². The quantitative estimate of drug-likeness (QED) is 0.788. The van der Waals surface area contributed by atoms with Gasteiger partial charge in [0.2, 0.25) is 0 Å². The number of rotatable bonds is 2. The van der Waals surface area contributed by atoms with E-state index in [1.807, 2.05) is 0 Å². The van der Waals surface area contributed by atoms with Crippen LogP contribution in [0.5, 0.6) is 0 Å². The molecule has 2 heteroatoms. The van der Waals surface area contributed by atoms with Gasteiger partial charge < -0.3 is 5.73 Å². The zero-order valence-corrected chi connectivity index (χ0v) is 9.98. The Morgan fingerprint density at radius 1 is 1.38 bits per heavy atom. The normalized spacial score (nSPS) is 10.8. The summed E-state index contributed by atoms with van der Waals surface area (Å²) in [4.78, 5) is 0. The SMILES string of the molecule is Cc1cc(CC(C)C)cc(N)c1Br. The van der Waals surface area contributed by atoms with E-state index in [1.165, 1.54) is 11.1 Å². The highest BCUT2D eigenvalue weighted by molar-refractivity contribution is 9.10. The number of halogens is 1. The topological polar surface area (TPSA) is 26.0 Å². The molecule has 0 amide bonds. The lowest BCUT2D eigenvalue weighted by Gasteiger charge is -2.09. The number of hydrogen-bond acceptors (Lipinski definition) is 1. The molecule has 1 rings (SSSR count). The summed E-state index contributed by atoms with van der Waals surface area (Å²) in [5.41, 5.74) is 9.24. The van der Waals surface area contributed by atoms with Gasteiger partial charge in [0.15, 0.2) is 0 Å². The van der Waals surface area contributed by atoms with Gasteiger partial charge in [-0.25, -0.2) is 0 Å². The third-order valence-electron chi connectivity index (χ3n) is 1.99. The second-order valence-electron chi connectivity index (χ2n) is 3.91. The standard InChI is InChI=1S/C11H16BrN/c1-7(2)4-9-5-8(3)11(12)10(13)6-9/h5-7H,4,13H2,1-3H3. The zero-order valence-electron chi connectivity index (χ0n) is 8.39. The smallest absolute Gasteiger partial charge is 0.0463 e. The first-order chi connectivity index (χ1) is 6.00. The highest BCUT2D eigenvalue weighted by Gasteiger charge is 2.04. The maximum absolute atomic E-state index is 5.85. The van der Waals surface area contributed by atoms with Gasteiger partial charge in [0.05, 0.1) is 0 Å². The molecule has 0 spiro atoms. The van der Waals surface area contributed by atoms with Gasteiger partial charge in [-0.2, -0.15) is 0 Å². The summed E-state index contributed by atoms with van der Waals surface area (Å²) in [7, 11) is 0. The Kier molecular flexibility index (Phi) is 3.37. The van der Waals surface area contributed by atoms with Crippen LogP contribution in [0.4, 0.5) is 5.69 Å². The van der Waals surface area contributed by atoms with Crippen LogP contribution in [0.15, 0.2) is 16.6 Å². The second kappa shape index (κ2) is 4.14. The van der Waals surface area contributed by atoms with Crippen molar-refractivity contribution in [2.45, 2.75) is 27.2 Å². The van der Waals surface area contributed by atoms with Gasteiger partial charge in [-0.3, -0.25) is 0 Å². The molecule has 0 radical (unpaired) electrons. The lowest BCUT2D eigenvalue weighted by molar-refractivity contribution is 0.647. The van der Waals surface area contributed by atoms with E-state index in [2.05, 4.69) is 48.8 Å². The molecular formula is C11H16BrN. The van der Waals surface area contributed by atoms with Crippen molar-refractivity contribution in [1.29, 1.82) is 0 Å². The molecule has 1 nitrogen and oxygen atoms in total. The largest absolute Gasteiger partial charge is 0.398 e. The Hall–Kier alpha value is -0.500. The number of aryl methyl sites for hydroxylation is 1. The van der Waals surface area contributed by atoms with E-state index in [9.17, 15) is 0 Å². The number of nitrogens with two attached hydrogens (primary N) is 1. The van der Waals surface area contributed by atoms with Gasteiger partial charge in [0.1, 0.15) is 0 Å². The first kappa shape index (κ1) is 10.6. The van der Waals surface area contributed by atoms with Crippen molar-refractivity contribution < 1.29 is 0 Å². The Morgan fingerprint density at radius 2 is 2.00 bits per heavy atom. The van der Waals surface area contributed by atoms with Crippen molar-refractivity contribution in [3.05, 3.63) is 27.7 Å². The Morgan fingerprint density at radius 3 is 2.46 bits per heavy atom. The molecule has 0 saturated heterocycles. The molecule has 0 unspecified atom stereocenters. The van der Waals surface area contributed by atoms with Crippen LogP contribution < -0.4 is 5.73 Å². The summed E-state index contributed by atoms with van der Waals surface area (Å²) in [5, 5.41) is 0. The first-order valence-corrected chi connectivity index (χ1v) is 5.34. The average Bonchev–Trinajstić information content (AvgIpc) is 1.98. The van der Waals surface area contributed by atoms with Crippen molar-refractivity contribution in [3.63, 3.8) is 0 Å². The molecule has 0 saturated carbocycles. The average molecular weight is 242 g/mol. The molecule has 0 aliphatic heterocycles. The van der Waals surface area contributed by atoms with Crippen molar-refractivity contribution in [2.75, 3.05) is 5.73 Å². The molecule has 0 bridgehead atoms. The molecule has 13 heavy (non-hydrogen) atoms. The summed E-state index contributed by atoms with van der Waals surface area (Å²) in [6.45, 7) is 6.51. The van der Waals surface area contributed by atoms with Crippen molar-refractivity contribution in [1.82, 2.24) is 0 Å². The van der Waals surface area contributed by atoms with Crippen LogP contribution in [0.1, 0.15) is 25.0 Å². The molecule has 0 atom stereocenters. The molecule has 1 aromatic carbocycles. The molecule has 1 aromatic rings. The van der Waals surface area contributed by atoms with Gasteiger partial charge in [-0.15, -0.1) is 0 Å². The van der Waals surface area contributed by atoms with E-state index in [0.29, 0.717) is 5.92 Å². The van der Waals surface area contributed by atoms with Crippen molar-refractivity contribution in [3.8, 4) is 0 Å². The van der Waals surface area contributed by atoms with Crippen LogP contribution in [0, 0.1) is 12.8 Å². The van der Waals surface area contributed by atoms with E-state index < -0.39 is 0 Å². The molecule has 0 fully saturated rings. The fourth-order valence-corrected chi connectivity index (χ4v) is 1.69. The molecule has 72 valence electrons. The third kappa shape index (κ3) is 2.73. The summed E-state index contributed by atoms with van der Waals surface area (Å²) in [6.07, 6.45) is 1.10. The predicted molar refractivity (Wildman–Crippen MR) is 61.8 cm³/mol. The van der Waals surface area contributed by atoms with Crippen LogP contribution in [0.25, 0.3) is 0 Å². The maximum Gasteiger partial charge on any atom is 0.0463 e. The lowest BCUT2D eigenvalue weighted by atomic mass is 10.0. The lowest BCUT2D eigenvalue weighted by Crippen LogP contribution is -1.97. The molecule has 0 heterocycles. The summed E-state index contributed by atoms with van der Waals surface area (Å²) >= 11 is 3.45. The highest BCUT2D eigenvalue weighted by Crippen LogP contribution is 2.26. The van der Waals surface area contributed by atoms with E-state index in [1.54, 1.807) is 0 Å². The summed E-state index contributed by atoms with van der Waals surface area (Å²) < 4.78 is 1.03. The molecular weight excluding hydrogens is 226 g/mol.